The van der Waals surface area contributed by atoms with Crippen LogP contribution in [0.15, 0.2) is 65.7 Å². The van der Waals surface area contributed by atoms with Gasteiger partial charge in [-0.05, 0) is 24.6 Å². The van der Waals surface area contributed by atoms with E-state index in [0.717, 1.165) is 5.56 Å². The summed E-state index contributed by atoms with van der Waals surface area (Å²) in [5, 5.41) is 10.7. The zero-order chi connectivity index (χ0) is 17.4. The molecule has 0 heterocycles. The van der Waals surface area contributed by atoms with E-state index in [9.17, 15) is 14.9 Å². The summed E-state index contributed by atoms with van der Waals surface area (Å²) in [5.41, 5.74) is 1.92. The van der Waals surface area contributed by atoms with Crippen LogP contribution in [-0.2, 0) is 9.53 Å². The summed E-state index contributed by atoms with van der Waals surface area (Å²) in [6, 6.07) is 15.2. The lowest BCUT2D eigenvalue weighted by Crippen LogP contribution is -2.00. The molecule has 2 aromatic carbocycles. The average molecular weight is 324 g/mol. The van der Waals surface area contributed by atoms with Gasteiger partial charge in [0.1, 0.15) is 0 Å². The van der Waals surface area contributed by atoms with Gasteiger partial charge in [-0.15, -0.1) is 0 Å². The molecule has 0 spiro atoms. The quantitative estimate of drug-likeness (QED) is 0.267. The summed E-state index contributed by atoms with van der Waals surface area (Å²) in [6.45, 7) is 2.01. The van der Waals surface area contributed by atoms with E-state index >= 15 is 0 Å². The van der Waals surface area contributed by atoms with Crippen LogP contribution in [0.2, 0.25) is 0 Å². The van der Waals surface area contributed by atoms with Crippen LogP contribution in [0.1, 0.15) is 18.1 Å². The van der Waals surface area contributed by atoms with Crippen molar-refractivity contribution in [2.45, 2.75) is 6.92 Å². The van der Waals surface area contributed by atoms with Crippen LogP contribution in [0, 0.1) is 10.1 Å². The second kappa shape index (κ2) is 8.38. The highest BCUT2D eigenvalue weighted by atomic mass is 16.6. The predicted octanol–water partition coefficient (Wildman–Crippen LogP) is 3.62. The number of benzene rings is 2. The molecule has 0 atom stereocenters. The number of non-ortho nitro benzene ring substituents is 1. The van der Waals surface area contributed by atoms with Crippen molar-refractivity contribution in [2.75, 3.05) is 6.61 Å². The van der Waals surface area contributed by atoms with Crippen LogP contribution < -0.4 is 0 Å². The zero-order valence-electron chi connectivity index (χ0n) is 13.1. The number of hydrogen-bond donors (Lipinski definition) is 0. The Bertz CT molecular complexity index is 765. The highest BCUT2D eigenvalue weighted by Crippen LogP contribution is 2.17. The minimum atomic E-state index is -0.475. The number of nitro groups is 1. The second-order valence-electron chi connectivity index (χ2n) is 4.75. The SMILES string of the molecule is CCOC(=O)/C=C(/N=Cc1ccc([N+](=O)[O-])cc1)c1ccccc1. The molecule has 0 amide bonds. The van der Waals surface area contributed by atoms with E-state index in [4.69, 9.17) is 4.74 Å². The fourth-order valence-electron chi connectivity index (χ4n) is 1.93. The Morgan fingerprint density at radius 2 is 1.83 bits per heavy atom. The largest absolute Gasteiger partial charge is 0.463 e. The second-order valence-corrected chi connectivity index (χ2v) is 4.75. The summed E-state index contributed by atoms with van der Waals surface area (Å²) in [5.74, 6) is -0.475. The van der Waals surface area contributed by atoms with Crippen LogP contribution in [0.25, 0.3) is 5.70 Å². The van der Waals surface area contributed by atoms with Gasteiger partial charge in [-0.3, -0.25) is 15.1 Å². The van der Waals surface area contributed by atoms with Crippen molar-refractivity contribution in [3.63, 3.8) is 0 Å². The molecule has 0 aliphatic heterocycles. The third-order valence-corrected chi connectivity index (χ3v) is 3.07. The number of esters is 1. The molecule has 0 fully saturated rings. The number of ether oxygens (including phenoxy) is 1. The zero-order valence-corrected chi connectivity index (χ0v) is 13.1. The van der Waals surface area contributed by atoms with Gasteiger partial charge in [0, 0.05) is 30.0 Å². The molecule has 0 unspecified atom stereocenters. The van der Waals surface area contributed by atoms with Crippen LogP contribution >= 0.6 is 0 Å². The van der Waals surface area contributed by atoms with Crippen LogP contribution in [0.5, 0.6) is 0 Å². The molecule has 0 aliphatic rings. The highest BCUT2D eigenvalue weighted by molar-refractivity contribution is 5.94. The smallest absolute Gasteiger partial charge is 0.332 e. The summed E-state index contributed by atoms with van der Waals surface area (Å²) in [4.78, 5) is 26.2. The first-order chi connectivity index (χ1) is 11.6. The fourth-order valence-corrected chi connectivity index (χ4v) is 1.93. The summed E-state index contributed by atoms with van der Waals surface area (Å²) < 4.78 is 4.92. The number of carbonyl (C=O) groups excluding carboxylic acids is 1. The van der Waals surface area contributed by atoms with Crippen LogP contribution in [0.3, 0.4) is 0 Å². The van der Waals surface area contributed by atoms with Crippen molar-refractivity contribution in [3.05, 3.63) is 81.9 Å². The Balaban J connectivity index is 2.27. The van der Waals surface area contributed by atoms with Gasteiger partial charge in [-0.1, -0.05) is 30.3 Å². The third kappa shape index (κ3) is 4.88. The molecule has 0 aromatic heterocycles. The standard InChI is InChI=1S/C18H16N2O4/c1-2-24-18(21)12-17(15-6-4-3-5-7-15)19-13-14-8-10-16(11-9-14)20(22)23/h3-13H,2H2,1H3/b17-12+,19-13?. The van der Waals surface area contributed by atoms with Gasteiger partial charge in [0.15, 0.2) is 0 Å². The number of aliphatic imine (C=N–C) groups is 1. The number of hydrogen-bond acceptors (Lipinski definition) is 5. The van der Waals surface area contributed by atoms with E-state index in [1.54, 1.807) is 25.3 Å². The minimum absolute atomic E-state index is 0.0116. The molecular formula is C18H16N2O4. The molecule has 2 aromatic rings. The van der Waals surface area contributed by atoms with Gasteiger partial charge >= 0.3 is 5.97 Å². The van der Waals surface area contributed by atoms with Crippen LogP contribution in [0.4, 0.5) is 5.69 Å². The van der Waals surface area contributed by atoms with Crippen molar-refractivity contribution in [1.29, 1.82) is 0 Å². The molecule has 0 radical (unpaired) electrons. The number of rotatable bonds is 6. The number of carbonyl (C=O) groups is 1. The Kier molecular flexibility index (Phi) is 5.96. The Morgan fingerprint density at radius 1 is 1.17 bits per heavy atom. The Hall–Kier alpha value is -3.28. The minimum Gasteiger partial charge on any atom is -0.463 e. The van der Waals surface area contributed by atoms with Crippen molar-refractivity contribution in [3.8, 4) is 0 Å². The molecule has 122 valence electrons. The molecule has 0 saturated heterocycles. The molecule has 0 N–H and O–H groups in total. The maximum absolute atomic E-state index is 11.7. The van der Waals surface area contributed by atoms with Crippen LogP contribution in [-0.4, -0.2) is 23.7 Å². The summed E-state index contributed by atoms with van der Waals surface area (Å²) in [7, 11) is 0. The lowest BCUT2D eigenvalue weighted by Gasteiger charge is -2.03. The summed E-state index contributed by atoms with van der Waals surface area (Å²) in [6.07, 6.45) is 2.86. The fraction of sp³-hybridized carbons (Fsp3) is 0.111. The molecule has 24 heavy (non-hydrogen) atoms. The maximum Gasteiger partial charge on any atom is 0.332 e. The van der Waals surface area contributed by atoms with Gasteiger partial charge in [-0.25, -0.2) is 4.79 Å². The average Bonchev–Trinajstić information content (AvgIpc) is 2.60. The van der Waals surface area contributed by atoms with Gasteiger partial charge in [0.05, 0.1) is 17.2 Å². The monoisotopic (exact) mass is 324 g/mol. The molecule has 0 aliphatic carbocycles. The predicted molar refractivity (Wildman–Crippen MR) is 91.7 cm³/mol. The normalized spacial score (nSPS) is 11.5. The van der Waals surface area contributed by atoms with Gasteiger partial charge in [-0.2, -0.15) is 0 Å². The number of nitrogens with zero attached hydrogens (tertiary/aromatic N) is 2. The van der Waals surface area contributed by atoms with E-state index < -0.39 is 10.9 Å². The van der Waals surface area contributed by atoms with Crippen molar-refractivity contribution in [1.82, 2.24) is 0 Å². The third-order valence-electron chi connectivity index (χ3n) is 3.07. The highest BCUT2D eigenvalue weighted by Gasteiger charge is 2.05. The van der Waals surface area contributed by atoms with Crippen molar-refractivity contribution >= 4 is 23.6 Å². The first-order valence-corrected chi connectivity index (χ1v) is 7.32. The lowest BCUT2D eigenvalue weighted by atomic mass is 10.1. The Morgan fingerprint density at radius 3 is 2.42 bits per heavy atom. The molecule has 0 bridgehead atoms. The molecule has 6 heteroatoms. The topological polar surface area (TPSA) is 81.8 Å². The van der Waals surface area contributed by atoms with Gasteiger partial charge in [0.25, 0.3) is 5.69 Å². The van der Waals surface area contributed by atoms with Crippen molar-refractivity contribution in [2.24, 2.45) is 4.99 Å². The van der Waals surface area contributed by atoms with E-state index in [1.807, 2.05) is 30.3 Å². The first kappa shape index (κ1) is 17.1. The van der Waals surface area contributed by atoms with E-state index in [0.29, 0.717) is 11.3 Å². The Labute approximate surface area is 139 Å². The molecular weight excluding hydrogens is 308 g/mol. The molecule has 6 nitrogen and oxygen atoms in total. The number of nitro benzene ring substituents is 1. The van der Waals surface area contributed by atoms with E-state index in [1.165, 1.54) is 18.2 Å². The maximum atomic E-state index is 11.7. The van der Waals surface area contributed by atoms with E-state index in [-0.39, 0.29) is 12.3 Å². The molecule has 2 rings (SSSR count). The lowest BCUT2D eigenvalue weighted by molar-refractivity contribution is -0.384. The van der Waals surface area contributed by atoms with E-state index in [2.05, 4.69) is 4.99 Å². The first-order valence-electron chi connectivity index (χ1n) is 7.32. The summed E-state index contributed by atoms with van der Waals surface area (Å²) >= 11 is 0. The van der Waals surface area contributed by atoms with Gasteiger partial charge < -0.3 is 4.74 Å². The molecule has 0 saturated carbocycles. The van der Waals surface area contributed by atoms with Gasteiger partial charge in [0.2, 0.25) is 0 Å². The van der Waals surface area contributed by atoms with Crippen molar-refractivity contribution < 1.29 is 14.5 Å².